The second-order valence-electron chi connectivity index (χ2n) is 6.93. The Balaban J connectivity index is 1.37. The van der Waals surface area contributed by atoms with E-state index in [9.17, 15) is 0 Å². The van der Waals surface area contributed by atoms with E-state index in [1.54, 1.807) is 0 Å². The van der Waals surface area contributed by atoms with Gasteiger partial charge < -0.3 is 10.2 Å². The Morgan fingerprint density at radius 2 is 1.81 bits per heavy atom. The smallest absolute Gasteiger partial charge is 0.148 e. The second kappa shape index (κ2) is 5.30. The Morgan fingerprint density at radius 1 is 1.14 bits per heavy atom. The van der Waals surface area contributed by atoms with Crippen molar-refractivity contribution in [1.82, 2.24) is 25.1 Å². The summed E-state index contributed by atoms with van der Waals surface area (Å²) >= 11 is 0. The van der Waals surface area contributed by atoms with Gasteiger partial charge >= 0.3 is 0 Å². The highest BCUT2D eigenvalue weighted by Gasteiger charge is 2.52. The molecule has 0 spiro atoms. The number of nitrogens with zero attached hydrogens (tertiary/aromatic N) is 4. The lowest BCUT2D eigenvalue weighted by atomic mass is 10.0. The molecule has 4 rings (SSSR count). The minimum atomic E-state index is 0.164. The highest BCUT2D eigenvalue weighted by atomic mass is 15.3. The van der Waals surface area contributed by atoms with Crippen molar-refractivity contribution in [3.05, 3.63) is 23.8 Å². The first-order valence-electron chi connectivity index (χ1n) is 8.23. The third-order valence-corrected chi connectivity index (χ3v) is 5.28. The van der Waals surface area contributed by atoms with E-state index < -0.39 is 0 Å². The van der Waals surface area contributed by atoms with Crippen LogP contribution in [0.4, 0.5) is 0 Å². The predicted octanol–water partition coefficient (Wildman–Crippen LogP) is 0.611. The summed E-state index contributed by atoms with van der Waals surface area (Å²) in [5, 5.41) is 3.37. The van der Waals surface area contributed by atoms with Gasteiger partial charge in [0.1, 0.15) is 5.82 Å². The van der Waals surface area contributed by atoms with Crippen LogP contribution in [0.25, 0.3) is 0 Å². The van der Waals surface area contributed by atoms with Crippen LogP contribution >= 0.6 is 0 Å². The Kier molecular flexibility index (Phi) is 3.44. The van der Waals surface area contributed by atoms with Crippen LogP contribution < -0.4 is 5.32 Å². The van der Waals surface area contributed by atoms with Crippen LogP contribution in [0.5, 0.6) is 0 Å². The molecule has 3 heterocycles. The van der Waals surface area contributed by atoms with Gasteiger partial charge in [0.05, 0.1) is 5.54 Å². The van der Waals surface area contributed by atoms with Gasteiger partial charge in [-0.3, -0.25) is 4.90 Å². The van der Waals surface area contributed by atoms with Gasteiger partial charge in [0.15, 0.2) is 0 Å². The van der Waals surface area contributed by atoms with Gasteiger partial charge in [0.2, 0.25) is 0 Å². The van der Waals surface area contributed by atoms with E-state index >= 15 is 0 Å². The van der Waals surface area contributed by atoms with E-state index in [2.05, 4.69) is 32.0 Å². The molecule has 1 aliphatic carbocycles. The third kappa shape index (κ3) is 2.58. The minimum absolute atomic E-state index is 0.164. The fraction of sp³-hybridized carbons (Fsp3) is 0.750. The number of rotatable bonds is 4. The van der Waals surface area contributed by atoms with Gasteiger partial charge in [-0.1, -0.05) is 0 Å². The Morgan fingerprint density at radius 3 is 2.33 bits per heavy atom. The van der Waals surface area contributed by atoms with Crippen molar-refractivity contribution in [1.29, 1.82) is 0 Å². The maximum atomic E-state index is 4.60. The topological polar surface area (TPSA) is 44.3 Å². The Bertz CT molecular complexity index is 484. The second-order valence-corrected chi connectivity index (χ2v) is 6.93. The third-order valence-electron chi connectivity index (χ3n) is 5.28. The molecule has 114 valence electrons. The fourth-order valence-electron chi connectivity index (χ4n) is 3.63. The van der Waals surface area contributed by atoms with Crippen LogP contribution in [0.15, 0.2) is 12.4 Å². The molecular formula is C16H25N5. The molecule has 1 aromatic rings. The van der Waals surface area contributed by atoms with Gasteiger partial charge in [-0.2, -0.15) is 0 Å². The Labute approximate surface area is 126 Å². The number of nitrogens with one attached hydrogen (secondary N) is 1. The lowest BCUT2D eigenvalue weighted by Gasteiger charge is -2.41. The number of hydrogen-bond acceptors (Lipinski definition) is 5. The van der Waals surface area contributed by atoms with E-state index in [4.69, 9.17) is 0 Å². The number of piperazine rings is 1. The lowest BCUT2D eigenvalue weighted by molar-refractivity contribution is 0.0653. The summed E-state index contributed by atoms with van der Waals surface area (Å²) in [6, 6.07) is 0. The molecule has 5 heteroatoms. The van der Waals surface area contributed by atoms with Crippen molar-refractivity contribution in [2.45, 2.75) is 25.3 Å². The van der Waals surface area contributed by atoms with Crippen LogP contribution in [-0.4, -0.2) is 65.6 Å². The van der Waals surface area contributed by atoms with Crippen molar-refractivity contribution in [3.8, 4) is 0 Å². The first kappa shape index (κ1) is 13.6. The summed E-state index contributed by atoms with van der Waals surface area (Å²) in [5.41, 5.74) is 1.31. The summed E-state index contributed by atoms with van der Waals surface area (Å²) < 4.78 is 0. The molecular weight excluding hydrogens is 262 g/mol. The van der Waals surface area contributed by atoms with Crippen LogP contribution in [0.1, 0.15) is 24.2 Å². The number of aromatic nitrogens is 2. The molecule has 3 aliphatic rings. The SMILES string of the molecule is Cc1cnc(C2(N3CCN(CC4CNC4)CC3)CC2)nc1. The van der Waals surface area contributed by atoms with Crippen molar-refractivity contribution >= 4 is 0 Å². The molecule has 2 aliphatic heterocycles. The van der Waals surface area contributed by atoms with E-state index in [-0.39, 0.29) is 5.54 Å². The van der Waals surface area contributed by atoms with E-state index in [1.165, 1.54) is 45.6 Å². The van der Waals surface area contributed by atoms with Crippen molar-refractivity contribution in [2.75, 3.05) is 45.8 Å². The predicted molar refractivity (Wildman–Crippen MR) is 82.1 cm³/mol. The molecule has 21 heavy (non-hydrogen) atoms. The average Bonchev–Trinajstić information content (AvgIpc) is 3.26. The number of aryl methyl sites for hydroxylation is 1. The summed E-state index contributed by atoms with van der Waals surface area (Å²) in [6.07, 6.45) is 6.37. The van der Waals surface area contributed by atoms with Gasteiger partial charge in [-0.15, -0.1) is 0 Å². The standard InChI is InChI=1S/C16H25N5/c1-13-8-18-15(19-9-13)16(2-3-16)21-6-4-20(5-7-21)12-14-10-17-11-14/h8-9,14,17H,2-7,10-12H2,1H3. The number of hydrogen-bond donors (Lipinski definition) is 1. The van der Waals surface area contributed by atoms with Gasteiger partial charge in [0.25, 0.3) is 0 Å². The van der Waals surface area contributed by atoms with E-state index in [1.807, 2.05) is 12.4 Å². The summed E-state index contributed by atoms with van der Waals surface area (Å²) in [6.45, 7) is 10.5. The van der Waals surface area contributed by atoms with Gasteiger partial charge in [-0.25, -0.2) is 9.97 Å². The maximum Gasteiger partial charge on any atom is 0.148 e. The average molecular weight is 287 g/mol. The molecule has 5 nitrogen and oxygen atoms in total. The van der Waals surface area contributed by atoms with Crippen molar-refractivity contribution in [3.63, 3.8) is 0 Å². The molecule has 0 atom stereocenters. The van der Waals surface area contributed by atoms with Gasteiger partial charge in [0, 0.05) is 58.2 Å². The molecule has 1 saturated carbocycles. The van der Waals surface area contributed by atoms with E-state index in [0.29, 0.717) is 0 Å². The largest absolute Gasteiger partial charge is 0.316 e. The molecule has 0 amide bonds. The summed E-state index contributed by atoms with van der Waals surface area (Å²) in [4.78, 5) is 14.5. The summed E-state index contributed by atoms with van der Waals surface area (Å²) in [5.74, 6) is 1.93. The lowest BCUT2D eigenvalue weighted by Crippen LogP contribution is -2.55. The molecule has 3 fully saturated rings. The van der Waals surface area contributed by atoms with Crippen LogP contribution in [0.2, 0.25) is 0 Å². The monoisotopic (exact) mass is 287 g/mol. The fourth-order valence-corrected chi connectivity index (χ4v) is 3.63. The first-order valence-corrected chi connectivity index (χ1v) is 8.23. The zero-order valence-electron chi connectivity index (χ0n) is 12.9. The van der Waals surface area contributed by atoms with Crippen LogP contribution in [0.3, 0.4) is 0 Å². The normalized spacial score (nSPS) is 26.5. The van der Waals surface area contributed by atoms with Crippen molar-refractivity contribution in [2.24, 2.45) is 5.92 Å². The minimum Gasteiger partial charge on any atom is -0.316 e. The molecule has 0 unspecified atom stereocenters. The van der Waals surface area contributed by atoms with Gasteiger partial charge in [-0.05, 0) is 31.2 Å². The Hall–Kier alpha value is -1.04. The highest BCUT2D eigenvalue weighted by molar-refractivity contribution is 5.18. The quantitative estimate of drug-likeness (QED) is 0.879. The zero-order chi connectivity index (χ0) is 14.3. The van der Waals surface area contributed by atoms with Crippen molar-refractivity contribution < 1.29 is 0 Å². The molecule has 0 radical (unpaired) electrons. The van der Waals surface area contributed by atoms with Crippen LogP contribution in [0, 0.1) is 12.8 Å². The molecule has 1 N–H and O–H groups in total. The van der Waals surface area contributed by atoms with Crippen LogP contribution in [-0.2, 0) is 5.54 Å². The molecule has 2 saturated heterocycles. The molecule has 0 aromatic carbocycles. The first-order chi connectivity index (χ1) is 10.3. The molecule has 1 aromatic heterocycles. The highest BCUT2D eigenvalue weighted by Crippen LogP contribution is 2.49. The maximum absolute atomic E-state index is 4.60. The zero-order valence-corrected chi connectivity index (χ0v) is 12.9. The molecule has 0 bridgehead atoms. The summed E-state index contributed by atoms with van der Waals surface area (Å²) in [7, 11) is 0. The van der Waals surface area contributed by atoms with E-state index in [0.717, 1.165) is 30.4 Å².